The van der Waals surface area contributed by atoms with E-state index in [1.54, 1.807) is 13.8 Å². The van der Waals surface area contributed by atoms with Gasteiger partial charge in [0.1, 0.15) is 0 Å². The number of aliphatic hydroxyl groups is 1. The Bertz CT molecular complexity index is 899. The molecule has 0 aliphatic carbocycles. The van der Waals surface area contributed by atoms with E-state index in [0.29, 0.717) is 5.92 Å². The van der Waals surface area contributed by atoms with Crippen LogP contribution in [0.1, 0.15) is 39.0 Å². The van der Waals surface area contributed by atoms with Crippen molar-refractivity contribution >= 4 is 22.5 Å². The number of nitrogens with one attached hydrogen (secondary N) is 1. The van der Waals surface area contributed by atoms with Gasteiger partial charge in [0.15, 0.2) is 11.6 Å². The lowest BCUT2D eigenvalue weighted by Gasteiger charge is -2.17. The van der Waals surface area contributed by atoms with Crippen molar-refractivity contribution < 1.29 is 5.11 Å². The van der Waals surface area contributed by atoms with Gasteiger partial charge in [0, 0.05) is 30.7 Å². The summed E-state index contributed by atoms with van der Waals surface area (Å²) >= 11 is 0. The van der Waals surface area contributed by atoms with Crippen molar-refractivity contribution in [1.29, 1.82) is 0 Å². The maximum absolute atomic E-state index is 10.2. The van der Waals surface area contributed by atoms with E-state index in [-0.39, 0.29) is 0 Å². The maximum atomic E-state index is 10.2. The first-order valence-corrected chi connectivity index (χ1v) is 8.66. The van der Waals surface area contributed by atoms with E-state index in [1.165, 1.54) is 0 Å². The molecule has 0 amide bonds. The molecule has 6 heteroatoms. The Morgan fingerprint density at radius 2 is 1.92 bits per heavy atom. The van der Waals surface area contributed by atoms with Crippen LogP contribution in [0.25, 0.3) is 10.9 Å². The van der Waals surface area contributed by atoms with Gasteiger partial charge in [-0.15, -0.1) is 0 Å². The van der Waals surface area contributed by atoms with Crippen LogP contribution in [-0.2, 0) is 19.2 Å². The second-order valence-corrected chi connectivity index (χ2v) is 7.64. The molecule has 134 valence electrons. The Labute approximate surface area is 148 Å². The van der Waals surface area contributed by atoms with Gasteiger partial charge < -0.3 is 10.4 Å². The zero-order valence-electron chi connectivity index (χ0n) is 15.8. The van der Waals surface area contributed by atoms with Gasteiger partial charge >= 0.3 is 0 Å². The highest BCUT2D eigenvalue weighted by atomic mass is 16.3. The van der Waals surface area contributed by atoms with Crippen molar-refractivity contribution in [3.63, 3.8) is 0 Å². The molecule has 1 aromatic carbocycles. The summed E-state index contributed by atoms with van der Waals surface area (Å²) < 4.78 is 3.84. The van der Waals surface area contributed by atoms with Crippen molar-refractivity contribution in [2.24, 2.45) is 13.0 Å². The molecule has 0 radical (unpaired) electrons. The zero-order valence-corrected chi connectivity index (χ0v) is 15.8. The third-order valence-corrected chi connectivity index (χ3v) is 4.32. The van der Waals surface area contributed by atoms with Crippen LogP contribution in [0.4, 0.5) is 11.6 Å². The van der Waals surface area contributed by atoms with Gasteiger partial charge in [0.05, 0.1) is 11.1 Å². The second kappa shape index (κ2) is 6.19. The quantitative estimate of drug-likeness (QED) is 0.742. The smallest absolute Gasteiger partial charge is 0.161 e. The number of nitrogens with zero attached hydrogens (tertiary/aromatic N) is 4. The monoisotopic (exact) mass is 341 g/mol. The zero-order chi connectivity index (χ0) is 18.4. The SMILES string of the molecule is Cc1cc(Nc2nn(C)c3cc(C(C)(C)O)ccc23)nn1CC(C)C. The Morgan fingerprint density at radius 3 is 2.56 bits per heavy atom. The van der Waals surface area contributed by atoms with Crippen molar-refractivity contribution in [2.75, 3.05) is 5.32 Å². The van der Waals surface area contributed by atoms with Crippen LogP contribution >= 0.6 is 0 Å². The molecule has 0 bridgehead atoms. The summed E-state index contributed by atoms with van der Waals surface area (Å²) in [5.74, 6) is 2.11. The third-order valence-electron chi connectivity index (χ3n) is 4.32. The first-order chi connectivity index (χ1) is 11.6. The summed E-state index contributed by atoms with van der Waals surface area (Å²) in [5, 5.41) is 23.8. The molecule has 0 aliphatic heterocycles. The minimum atomic E-state index is -0.876. The maximum Gasteiger partial charge on any atom is 0.161 e. The summed E-state index contributed by atoms with van der Waals surface area (Å²) in [7, 11) is 1.91. The van der Waals surface area contributed by atoms with Gasteiger partial charge in [-0.25, -0.2) is 0 Å². The summed E-state index contributed by atoms with van der Waals surface area (Å²) in [6, 6.07) is 7.96. The Morgan fingerprint density at radius 1 is 1.20 bits per heavy atom. The second-order valence-electron chi connectivity index (χ2n) is 7.64. The highest BCUT2D eigenvalue weighted by Crippen LogP contribution is 2.29. The Hall–Kier alpha value is -2.34. The topological polar surface area (TPSA) is 67.9 Å². The van der Waals surface area contributed by atoms with Crippen molar-refractivity contribution in [1.82, 2.24) is 19.6 Å². The van der Waals surface area contributed by atoms with Gasteiger partial charge in [-0.2, -0.15) is 10.2 Å². The van der Waals surface area contributed by atoms with E-state index < -0.39 is 5.60 Å². The molecule has 2 heterocycles. The number of aromatic nitrogens is 4. The van der Waals surface area contributed by atoms with E-state index in [1.807, 2.05) is 40.7 Å². The van der Waals surface area contributed by atoms with Gasteiger partial charge in [-0.1, -0.05) is 19.9 Å². The lowest BCUT2D eigenvalue weighted by atomic mass is 9.97. The third kappa shape index (κ3) is 3.54. The van der Waals surface area contributed by atoms with Gasteiger partial charge in [0.2, 0.25) is 0 Å². The summed E-state index contributed by atoms with van der Waals surface area (Å²) in [5.41, 5.74) is 2.09. The first-order valence-electron chi connectivity index (χ1n) is 8.66. The van der Waals surface area contributed by atoms with E-state index in [9.17, 15) is 5.11 Å². The highest BCUT2D eigenvalue weighted by Gasteiger charge is 2.19. The van der Waals surface area contributed by atoms with E-state index in [0.717, 1.165) is 40.3 Å². The van der Waals surface area contributed by atoms with E-state index >= 15 is 0 Å². The molecule has 6 nitrogen and oxygen atoms in total. The molecule has 3 aromatic rings. The molecule has 2 N–H and O–H groups in total. The van der Waals surface area contributed by atoms with Gasteiger partial charge in [-0.3, -0.25) is 9.36 Å². The largest absolute Gasteiger partial charge is 0.386 e. The van der Waals surface area contributed by atoms with Crippen LogP contribution < -0.4 is 5.32 Å². The highest BCUT2D eigenvalue weighted by molar-refractivity contribution is 5.92. The molecule has 25 heavy (non-hydrogen) atoms. The summed E-state index contributed by atoms with van der Waals surface area (Å²) in [4.78, 5) is 0. The number of anilines is 2. The number of hydrogen-bond donors (Lipinski definition) is 2. The van der Waals surface area contributed by atoms with Crippen molar-refractivity contribution in [3.8, 4) is 0 Å². The predicted octanol–water partition coefficient (Wildman–Crippen LogP) is 3.71. The Balaban J connectivity index is 1.95. The van der Waals surface area contributed by atoms with Crippen LogP contribution in [-0.4, -0.2) is 24.7 Å². The van der Waals surface area contributed by atoms with E-state index in [4.69, 9.17) is 0 Å². The number of fused-ring (bicyclic) bond motifs is 1. The lowest BCUT2D eigenvalue weighted by molar-refractivity contribution is 0.0787. The fraction of sp³-hybridized carbons (Fsp3) is 0.474. The number of aryl methyl sites for hydroxylation is 2. The van der Waals surface area contributed by atoms with Crippen LogP contribution in [0.2, 0.25) is 0 Å². The van der Waals surface area contributed by atoms with Gasteiger partial charge in [-0.05, 0) is 44.4 Å². The van der Waals surface area contributed by atoms with Crippen molar-refractivity contribution in [3.05, 3.63) is 35.5 Å². The molecule has 0 saturated heterocycles. The molecule has 0 atom stereocenters. The number of benzene rings is 1. The minimum Gasteiger partial charge on any atom is -0.386 e. The Kier molecular flexibility index (Phi) is 4.33. The molecule has 3 rings (SSSR count). The first kappa shape index (κ1) is 17.5. The average Bonchev–Trinajstić information content (AvgIpc) is 2.99. The minimum absolute atomic E-state index is 0.544. The number of hydrogen-bond acceptors (Lipinski definition) is 4. The van der Waals surface area contributed by atoms with Crippen LogP contribution in [0.5, 0.6) is 0 Å². The molecule has 2 aromatic heterocycles. The normalized spacial score (nSPS) is 12.3. The molecular weight excluding hydrogens is 314 g/mol. The van der Waals surface area contributed by atoms with Crippen LogP contribution in [0.3, 0.4) is 0 Å². The average molecular weight is 341 g/mol. The molecule has 0 saturated carbocycles. The molecule has 0 spiro atoms. The van der Waals surface area contributed by atoms with Crippen LogP contribution in [0, 0.1) is 12.8 Å². The lowest BCUT2D eigenvalue weighted by Crippen LogP contribution is -2.15. The summed E-state index contributed by atoms with van der Waals surface area (Å²) in [6.45, 7) is 10.9. The molecule has 0 fully saturated rings. The predicted molar refractivity (Wildman–Crippen MR) is 101 cm³/mol. The standard InChI is InChI=1S/C19H27N5O/c1-12(2)11-24-13(3)9-17(21-24)20-18-15-8-7-14(19(4,5)25)10-16(15)23(6)22-18/h7-10,12,25H,11H2,1-6H3,(H,20,21,22). The molecule has 0 unspecified atom stereocenters. The molecular formula is C19H27N5O. The van der Waals surface area contributed by atoms with Gasteiger partial charge in [0.25, 0.3) is 0 Å². The van der Waals surface area contributed by atoms with Crippen LogP contribution in [0.15, 0.2) is 24.3 Å². The number of rotatable bonds is 5. The van der Waals surface area contributed by atoms with Crippen molar-refractivity contribution in [2.45, 2.75) is 46.8 Å². The molecule has 0 aliphatic rings. The van der Waals surface area contributed by atoms with E-state index in [2.05, 4.69) is 36.3 Å². The fourth-order valence-corrected chi connectivity index (χ4v) is 2.95. The fourth-order valence-electron chi connectivity index (χ4n) is 2.95. The summed E-state index contributed by atoms with van der Waals surface area (Å²) in [6.07, 6.45) is 0.